The molecule has 1 aromatic rings. The van der Waals surface area contributed by atoms with Crippen LogP contribution in [0, 0.1) is 0 Å². The lowest BCUT2D eigenvalue weighted by Crippen LogP contribution is -2.51. The third-order valence-electron chi connectivity index (χ3n) is 5.45. The average Bonchev–Trinajstić information content (AvgIpc) is 2.67. The molecule has 1 aliphatic rings. The molecule has 1 unspecified atom stereocenters. The van der Waals surface area contributed by atoms with Crippen molar-refractivity contribution in [2.75, 3.05) is 7.05 Å². The van der Waals surface area contributed by atoms with Crippen LogP contribution < -0.4 is 5.32 Å². The average molecular weight is 397 g/mol. The molecule has 1 saturated carbocycles. The van der Waals surface area contributed by atoms with E-state index in [2.05, 4.69) is 5.32 Å². The number of nitrogens with one attached hydrogen (secondary N) is 1. The summed E-state index contributed by atoms with van der Waals surface area (Å²) >= 11 is 0. The Hall–Kier alpha value is -1.93. The van der Waals surface area contributed by atoms with E-state index in [1.54, 1.807) is 14.0 Å². The fourth-order valence-corrected chi connectivity index (χ4v) is 4.62. The van der Waals surface area contributed by atoms with Crippen LogP contribution in [-0.4, -0.2) is 48.3 Å². The molecule has 7 nitrogen and oxygen atoms in total. The van der Waals surface area contributed by atoms with Crippen molar-refractivity contribution in [1.82, 2.24) is 9.62 Å². The summed E-state index contributed by atoms with van der Waals surface area (Å²) < 4.78 is 27.1. The van der Waals surface area contributed by atoms with Gasteiger partial charge >= 0.3 is 5.97 Å². The van der Waals surface area contributed by atoms with Crippen molar-refractivity contribution in [3.05, 3.63) is 29.8 Å². The number of amides is 1. The third-order valence-corrected chi connectivity index (χ3v) is 7.38. The molecule has 1 aromatic carbocycles. The van der Waals surface area contributed by atoms with Crippen LogP contribution in [0.2, 0.25) is 0 Å². The lowest BCUT2D eigenvalue weighted by atomic mass is 9.96. The lowest BCUT2D eigenvalue weighted by molar-refractivity contribution is -0.143. The molecule has 1 aliphatic carbocycles. The van der Waals surface area contributed by atoms with Gasteiger partial charge in [0.2, 0.25) is 10.0 Å². The van der Waals surface area contributed by atoms with Gasteiger partial charge in [0.15, 0.2) is 0 Å². The maximum absolute atomic E-state index is 12.8. The molecular formula is C19H28N2O5S. The van der Waals surface area contributed by atoms with Crippen molar-refractivity contribution in [3.8, 4) is 0 Å². The smallest absolute Gasteiger partial charge is 0.329 e. The molecule has 1 amide bonds. The Labute approximate surface area is 160 Å². The highest BCUT2D eigenvalue weighted by atomic mass is 32.2. The summed E-state index contributed by atoms with van der Waals surface area (Å²) in [6.45, 7) is 3.11. The lowest BCUT2D eigenvalue weighted by Gasteiger charge is -2.30. The van der Waals surface area contributed by atoms with Crippen LogP contribution in [0.4, 0.5) is 0 Å². The molecule has 2 rings (SSSR count). The second-order valence-corrected chi connectivity index (χ2v) is 9.28. The van der Waals surface area contributed by atoms with E-state index in [9.17, 15) is 23.1 Å². The number of carboxylic acid groups (broad SMARTS) is 1. The van der Waals surface area contributed by atoms with Gasteiger partial charge in [0.1, 0.15) is 5.54 Å². The number of benzene rings is 1. The maximum atomic E-state index is 12.8. The van der Waals surface area contributed by atoms with Gasteiger partial charge in [-0.15, -0.1) is 0 Å². The second-order valence-electron chi connectivity index (χ2n) is 7.28. The molecule has 0 heterocycles. The van der Waals surface area contributed by atoms with Gasteiger partial charge in [-0.3, -0.25) is 4.79 Å². The van der Waals surface area contributed by atoms with E-state index in [0.29, 0.717) is 0 Å². The molecular weight excluding hydrogens is 368 g/mol. The summed E-state index contributed by atoms with van der Waals surface area (Å²) in [7, 11) is -2.02. The quantitative estimate of drug-likeness (QED) is 0.737. The molecule has 0 aliphatic heterocycles. The van der Waals surface area contributed by atoms with Gasteiger partial charge in [0.25, 0.3) is 5.91 Å². The normalized spacial score (nSPS) is 18.1. The maximum Gasteiger partial charge on any atom is 0.329 e. The van der Waals surface area contributed by atoms with Crippen LogP contribution in [-0.2, 0) is 14.8 Å². The molecule has 0 aromatic heterocycles. The summed E-state index contributed by atoms with van der Waals surface area (Å²) in [5, 5.41) is 11.8. The summed E-state index contributed by atoms with van der Waals surface area (Å²) in [6, 6.07) is 5.62. The second kappa shape index (κ2) is 8.39. The Balaban J connectivity index is 2.16. The van der Waals surface area contributed by atoms with E-state index < -0.39 is 27.4 Å². The fraction of sp³-hybridized carbons (Fsp3) is 0.579. The zero-order valence-corrected chi connectivity index (χ0v) is 16.9. The third kappa shape index (κ3) is 4.68. The van der Waals surface area contributed by atoms with Gasteiger partial charge in [-0.2, -0.15) is 4.31 Å². The Morgan fingerprint density at radius 3 is 2.22 bits per heavy atom. The molecule has 0 radical (unpaired) electrons. The van der Waals surface area contributed by atoms with Crippen molar-refractivity contribution in [2.45, 2.75) is 68.8 Å². The van der Waals surface area contributed by atoms with E-state index in [1.165, 1.54) is 35.5 Å². The minimum atomic E-state index is -3.63. The number of carbonyl (C=O) groups is 2. The molecule has 1 fully saturated rings. The number of carboxylic acids is 1. The summed E-state index contributed by atoms with van der Waals surface area (Å²) in [4.78, 5) is 23.8. The Bertz CT molecular complexity index is 785. The fourth-order valence-electron chi connectivity index (χ4n) is 3.20. The number of hydrogen-bond donors (Lipinski definition) is 2. The molecule has 2 N–H and O–H groups in total. The summed E-state index contributed by atoms with van der Waals surface area (Å²) in [6.07, 6.45) is 5.16. The van der Waals surface area contributed by atoms with Crippen molar-refractivity contribution in [3.63, 3.8) is 0 Å². The minimum absolute atomic E-state index is 0.00699. The number of carbonyl (C=O) groups excluding carboxylic acids is 1. The highest BCUT2D eigenvalue weighted by Gasteiger charge is 2.33. The molecule has 0 bridgehead atoms. The van der Waals surface area contributed by atoms with E-state index in [4.69, 9.17) is 0 Å². The number of aliphatic carboxylic acids is 1. The van der Waals surface area contributed by atoms with Crippen molar-refractivity contribution >= 4 is 21.9 Å². The first-order chi connectivity index (χ1) is 12.6. The number of sulfonamides is 1. The zero-order valence-electron chi connectivity index (χ0n) is 16.1. The monoisotopic (exact) mass is 396 g/mol. The molecule has 1 atom stereocenters. The first kappa shape index (κ1) is 21.4. The van der Waals surface area contributed by atoms with Crippen LogP contribution >= 0.6 is 0 Å². The van der Waals surface area contributed by atoms with E-state index >= 15 is 0 Å². The van der Waals surface area contributed by atoms with Crippen molar-refractivity contribution in [2.24, 2.45) is 0 Å². The molecule has 0 saturated heterocycles. The largest absolute Gasteiger partial charge is 0.480 e. The van der Waals surface area contributed by atoms with Gasteiger partial charge in [-0.1, -0.05) is 26.2 Å². The highest BCUT2D eigenvalue weighted by molar-refractivity contribution is 7.89. The Morgan fingerprint density at radius 1 is 1.19 bits per heavy atom. The van der Waals surface area contributed by atoms with Crippen molar-refractivity contribution < 1.29 is 23.1 Å². The topological polar surface area (TPSA) is 104 Å². The van der Waals surface area contributed by atoms with E-state index in [1.807, 2.05) is 0 Å². The molecule has 27 heavy (non-hydrogen) atoms. The van der Waals surface area contributed by atoms with Gasteiger partial charge in [-0.05, 0) is 50.5 Å². The number of hydrogen-bond acceptors (Lipinski definition) is 4. The van der Waals surface area contributed by atoms with Crippen LogP contribution in [0.15, 0.2) is 29.2 Å². The highest BCUT2D eigenvalue weighted by Crippen LogP contribution is 2.26. The van der Waals surface area contributed by atoms with Crippen LogP contribution in [0.5, 0.6) is 0 Å². The standard InChI is InChI=1S/C19H28N2O5S/c1-4-19(2,18(23)24)20-17(22)14-10-12-16(13-11-14)27(25,26)21(3)15-8-6-5-7-9-15/h10-13,15H,4-9H2,1-3H3,(H,20,22)(H,23,24). The van der Waals surface area contributed by atoms with E-state index in [-0.39, 0.29) is 22.9 Å². The molecule has 8 heteroatoms. The first-order valence-electron chi connectivity index (χ1n) is 9.26. The summed E-state index contributed by atoms with van der Waals surface area (Å²) in [5.74, 6) is -1.67. The number of nitrogens with zero attached hydrogens (tertiary/aromatic N) is 1. The minimum Gasteiger partial charge on any atom is -0.480 e. The zero-order chi connectivity index (χ0) is 20.2. The predicted octanol–water partition coefficient (Wildman–Crippen LogP) is 2.62. The Morgan fingerprint density at radius 2 is 1.74 bits per heavy atom. The molecule has 0 spiro atoms. The predicted molar refractivity (Wildman–Crippen MR) is 102 cm³/mol. The van der Waals surface area contributed by atoms with Gasteiger partial charge in [0, 0.05) is 18.7 Å². The number of rotatable bonds is 7. The van der Waals surface area contributed by atoms with E-state index in [0.717, 1.165) is 32.1 Å². The van der Waals surface area contributed by atoms with Crippen LogP contribution in [0.1, 0.15) is 62.7 Å². The van der Waals surface area contributed by atoms with Crippen LogP contribution in [0.25, 0.3) is 0 Å². The molecule has 150 valence electrons. The van der Waals surface area contributed by atoms with Gasteiger partial charge in [-0.25, -0.2) is 13.2 Å². The van der Waals surface area contributed by atoms with Gasteiger partial charge < -0.3 is 10.4 Å². The first-order valence-corrected chi connectivity index (χ1v) is 10.7. The van der Waals surface area contributed by atoms with Crippen LogP contribution in [0.3, 0.4) is 0 Å². The Kier molecular flexibility index (Phi) is 6.64. The summed E-state index contributed by atoms with van der Waals surface area (Å²) in [5.41, 5.74) is -1.15. The SMILES string of the molecule is CCC(C)(NC(=O)c1ccc(S(=O)(=O)N(C)C2CCCCC2)cc1)C(=O)O. The van der Waals surface area contributed by atoms with Gasteiger partial charge in [0.05, 0.1) is 4.90 Å². The van der Waals surface area contributed by atoms with Crippen molar-refractivity contribution in [1.29, 1.82) is 0 Å².